The van der Waals surface area contributed by atoms with E-state index < -0.39 is 6.09 Å². The Labute approximate surface area is 212 Å². The molecule has 36 heavy (non-hydrogen) atoms. The van der Waals surface area contributed by atoms with Gasteiger partial charge >= 0.3 is 6.09 Å². The molecule has 0 saturated carbocycles. The molecule has 0 saturated heterocycles. The van der Waals surface area contributed by atoms with E-state index in [2.05, 4.69) is 64.9 Å². The lowest BCUT2D eigenvalue weighted by Crippen LogP contribution is -2.39. The first-order chi connectivity index (χ1) is 17.5. The van der Waals surface area contributed by atoms with E-state index in [-0.39, 0.29) is 17.9 Å². The minimum absolute atomic E-state index is 0.0350. The second-order valence-corrected chi connectivity index (χ2v) is 9.44. The standard InChI is InChI=1S/C30H33N3O3/c1-22(18-27-20-33(21-31-27)30(35)36)32-29(34)26(14-6-5-12-23-10-3-2-4-11-23)19-25-16-9-15-24-13-7-8-17-28(24)25/h2-4,7-11,13,15-17,20-22,26H,5-6,12,14,18-19H2,1H3,(H,32,34)(H,35,36)/t22-,26?/m1/s1. The van der Waals surface area contributed by atoms with Crippen molar-refractivity contribution in [1.29, 1.82) is 0 Å². The number of aryl methyl sites for hydroxylation is 1. The second-order valence-electron chi connectivity index (χ2n) is 9.44. The highest BCUT2D eigenvalue weighted by Gasteiger charge is 2.22. The molecule has 1 amide bonds. The SMILES string of the molecule is C[C@H](Cc1cn(C(=O)O)cn1)NC(=O)C(CCCCc1ccccc1)Cc1cccc2ccccc12. The van der Waals surface area contributed by atoms with Crippen LogP contribution in [0.25, 0.3) is 10.8 Å². The minimum atomic E-state index is -1.07. The van der Waals surface area contributed by atoms with Gasteiger partial charge < -0.3 is 10.4 Å². The lowest BCUT2D eigenvalue weighted by atomic mass is 9.90. The van der Waals surface area contributed by atoms with Crippen LogP contribution in [0, 0.1) is 5.92 Å². The molecule has 1 unspecified atom stereocenters. The summed E-state index contributed by atoms with van der Waals surface area (Å²) in [7, 11) is 0. The third kappa shape index (κ3) is 6.81. The van der Waals surface area contributed by atoms with Crippen LogP contribution < -0.4 is 5.32 Å². The smallest absolute Gasteiger partial charge is 0.416 e. The zero-order chi connectivity index (χ0) is 25.3. The fraction of sp³-hybridized carbons (Fsp3) is 0.300. The molecule has 1 heterocycles. The van der Waals surface area contributed by atoms with Gasteiger partial charge in [-0.1, -0.05) is 79.2 Å². The van der Waals surface area contributed by atoms with Gasteiger partial charge in [0, 0.05) is 24.6 Å². The second kappa shape index (κ2) is 12.2. The van der Waals surface area contributed by atoms with E-state index >= 15 is 0 Å². The summed E-state index contributed by atoms with van der Waals surface area (Å²) >= 11 is 0. The van der Waals surface area contributed by atoms with Gasteiger partial charge in [-0.25, -0.2) is 14.3 Å². The van der Waals surface area contributed by atoms with Gasteiger partial charge in [-0.05, 0) is 54.5 Å². The number of rotatable bonds is 11. The highest BCUT2D eigenvalue weighted by atomic mass is 16.4. The number of carbonyl (C=O) groups excluding carboxylic acids is 1. The molecule has 0 radical (unpaired) electrons. The average molecular weight is 484 g/mol. The molecule has 0 spiro atoms. The van der Waals surface area contributed by atoms with Crippen LogP contribution >= 0.6 is 0 Å². The number of fused-ring (bicyclic) bond motifs is 1. The number of aromatic nitrogens is 2. The summed E-state index contributed by atoms with van der Waals surface area (Å²) in [5.41, 5.74) is 3.14. The molecule has 0 aliphatic rings. The van der Waals surface area contributed by atoms with Crippen LogP contribution in [0.3, 0.4) is 0 Å². The minimum Gasteiger partial charge on any atom is -0.464 e. The number of imidazole rings is 1. The number of unbranched alkanes of at least 4 members (excludes halogenated alkanes) is 1. The van der Waals surface area contributed by atoms with Crippen molar-refractivity contribution in [2.24, 2.45) is 5.92 Å². The molecule has 0 fully saturated rings. The van der Waals surface area contributed by atoms with E-state index in [0.717, 1.165) is 30.3 Å². The van der Waals surface area contributed by atoms with Crippen LogP contribution in [0.15, 0.2) is 85.3 Å². The number of nitrogens with zero attached hydrogens (tertiary/aromatic N) is 2. The molecular formula is C30H33N3O3. The maximum absolute atomic E-state index is 13.4. The number of nitrogens with one attached hydrogen (secondary N) is 1. The van der Waals surface area contributed by atoms with Crippen LogP contribution in [0.1, 0.15) is 43.0 Å². The summed E-state index contributed by atoms with van der Waals surface area (Å²) in [4.78, 5) is 28.7. The Hall–Kier alpha value is -3.93. The van der Waals surface area contributed by atoms with E-state index in [4.69, 9.17) is 5.11 Å². The van der Waals surface area contributed by atoms with E-state index in [1.807, 2.05) is 25.1 Å². The molecule has 6 nitrogen and oxygen atoms in total. The summed E-state index contributed by atoms with van der Waals surface area (Å²) in [5.74, 6) is -0.113. The largest absolute Gasteiger partial charge is 0.464 e. The van der Waals surface area contributed by atoms with E-state index in [0.29, 0.717) is 18.5 Å². The van der Waals surface area contributed by atoms with Gasteiger partial charge in [-0.15, -0.1) is 0 Å². The Kier molecular flexibility index (Phi) is 8.50. The van der Waals surface area contributed by atoms with Crippen molar-refractivity contribution in [1.82, 2.24) is 14.9 Å². The highest BCUT2D eigenvalue weighted by Crippen LogP contribution is 2.24. The Bertz CT molecular complexity index is 1290. The number of hydrogen-bond acceptors (Lipinski definition) is 3. The van der Waals surface area contributed by atoms with Gasteiger partial charge in [-0.3, -0.25) is 4.79 Å². The third-order valence-corrected chi connectivity index (χ3v) is 6.59. The summed E-state index contributed by atoms with van der Waals surface area (Å²) in [5, 5.41) is 14.6. The van der Waals surface area contributed by atoms with Gasteiger partial charge in [0.1, 0.15) is 6.33 Å². The quantitative estimate of drug-likeness (QED) is 0.261. The first kappa shape index (κ1) is 25.2. The van der Waals surface area contributed by atoms with Crippen molar-refractivity contribution in [2.75, 3.05) is 0 Å². The zero-order valence-electron chi connectivity index (χ0n) is 20.6. The van der Waals surface area contributed by atoms with Crippen LogP contribution in [0.5, 0.6) is 0 Å². The lowest BCUT2D eigenvalue weighted by Gasteiger charge is -2.21. The molecule has 2 N–H and O–H groups in total. The Morgan fingerprint density at radius 2 is 1.69 bits per heavy atom. The first-order valence-corrected chi connectivity index (χ1v) is 12.6. The predicted octanol–water partition coefficient (Wildman–Crippen LogP) is 5.88. The number of benzene rings is 3. The average Bonchev–Trinajstić information content (AvgIpc) is 3.35. The topological polar surface area (TPSA) is 84.2 Å². The van der Waals surface area contributed by atoms with E-state index in [1.165, 1.54) is 34.4 Å². The van der Waals surface area contributed by atoms with Crippen LogP contribution in [0.2, 0.25) is 0 Å². The van der Waals surface area contributed by atoms with Gasteiger partial charge in [0.25, 0.3) is 0 Å². The Morgan fingerprint density at radius 3 is 2.47 bits per heavy atom. The van der Waals surface area contributed by atoms with E-state index in [1.54, 1.807) is 0 Å². The highest BCUT2D eigenvalue weighted by molar-refractivity contribution is 5.87. The monoisotopic (exact) mass is 483 g/mol. The lowest BCUT2D eigenvalue weighted by molar-refractivity contribution is -0.125. The molecule has 4 aromatic rings. The van der Waals surface area contributed by atoms with Crippen molar-refractivity contribution in [3.63, 3.8) is 0 Å². The molecule has 186 valence electrons. The molecule has 3 aromatic carbocycles. The molecular weight excluding hydrogens is 450 g/mol. The molecule has 0 aliphatic carbocycles. The normalized spacial score (nSPS) is 12.8. The van der Waals surface area contributed by atoms with Crippen molar-refractivity contribution in [2.45, 2.75) is 51.5 Å². The number of carbonyl (C=O) groups is 2. The molecule has 0 bridgehead atoms. The van der Waals surface area contributed by atoms with Crippen LogP contribution in [-0.2, 0) is 24.1 Å². The molecule has 6 heteroatoms. The van der Waals surface area contributed by atoms with Gasteiger partial charge in [0.15, 0.2) is 0 Å². The number of hydrogen-bond donors (Lipinski definition) is 2. The first-order valence-electron chi connectivity index (χ1n) is 12.6. The van der Waals surface area contributed by atoms with Crippen LogP contribution in [-0.4, -0.2) is 32.7 Å². The fourth-order valence-corrected chi connectivity index (χ4v) is 4.73. The number of carboxylic acid groups (broad SMARTS) is 1. The summed E-state index contributed by atoms with van der Waals surface area (Å²) in [6.07, 6.45) is 6.66. The molecule has 4 rings (SSSR count). The maximum Gasteiger partial charge on any atom is 0.416 e. The summed E-state index contributed by atoms with van der Waals surface area (Å²) < 4.78 is 1.03. The number of amides is 1. The van der Waals surface area contributed by atoms with E-state index in [9.17, 15) is 9.59 Å². The van der Waals surface area contributed by atoms with Crippen LogP contribution in [0.4, 0.5) is 4.79 Å². The maximum atomic E-state index is 13.4. The van der Waals surface area contributed by atoms with Crippen molar-refractivity contribution in [3.05, 3.63) is 102 Å². The van der Waals surface area contributed by atoms with Crippen molar-refractivity contribution >= 4 is 22.8 Å². The molecule has 0 aliphatic heterocycles. The van der Waals surface area contributed by atoms with Gasteiger partial charge in [-0.2, -0.15) is 0 Å². The third-order valence-electron chi connectivity index (χ3n) is 6.59. The van der Waals surface area contributed by atoms with Gasteiger partial charge in [0.2, 0.25) is 5.91 Å². The van der Waals surface area contributed by atoms with Crippen molar-refractivity contribution in [3.8, 4) is 0 Å². The predicted molar refractivity (Wildman–Crippen MR) is 142 cm³/mol. The summed E-state index contributed by atoms with van der Waals surface area (Å²) in [6.45, 7) is 1.93. The Balaban J connectivity index is 1.42. The van der Waals surface area contributed by atoms with Crippen molar-refractivity contribution < 1.29 is 14.7 Å². The molecule has 1 aromatic heterocycles. The summed E-state index contributed by atoms with van der Waals surface area (Å²) in [6, 6.07) is 24.9. The Morgan fingerprint density at radius 1 is 0.944 bits per heavy atom. The van der Waals surface area contributed by atoms with Gasteiger partial charge in [0.05, 0.1) is 5.69 Å². The zero-order valence-corrected chi connectivity index (χ0v) is 20.6. The molecule has 2 atom stereocenters. The fourth-order valence-electron chi connectivity index (χ4n) is 4.73.